The van der Waals surface area contributed by atoms with Crippen molar-refractivity contribution in [1.29, 1.82) is 0 Å². The molecule has 168 valence electrons. The Morgan fingerprint density at radius 1 is 1.16 bits per heavy atom. The lowest BCUT2D eigenvalue weighted by atomic mass is 9.95. The standard InChI is InChI=1S/C24H25ClFN3O2S/c25-17-8-11-21-20(14-17)24(22(30)28(21)15-16-6-9-18(26)10-7-16)29(12-13-32-24)23(31)27-19-4-2-1-3-5-19/h6-11,14,19H,1-5,12-13,15H2,(H,27,31). The third-order valence-corrected chi connectivity index (χ3v) is 8.24. The summed E-state index contributed by atoms with van der Waals surface area (Å²) < 4.78 is 13.4. The number of anilines is 1. The summed E-state index contributed by atoms with van der Waals surface area (Å²) in [4.78, 5) is 29.6. The minimum atomic E-state index is -1.13. The molecule has 2 fully saturated rings. The van der Waals surface area contributed by atoms with Crippen LogP contribution < -0.4 is 10.2 Å². The first-order valence-corrected chi connectivity index (χ1v) is 12.4. The lowest BCUT2D eigenvalue weighted by Gasteiger charge is -2.35. The number of fused-ring (bicyclic) bond motifs is 2. The Hall–Kier alpha value is -2.25. The highest BCUT2D eigenvalue weighted by molar-refractivity contribution is 8.01. The summed E-state index contributed by atoms with van der Waals surface area (Å²) in [6, 6.07) is 11.5. The second kappa shape index (κ2) is 8.60. The zero-order valence-electron chi connectivity index (χ0n) is 17.7. The number of rotatable bonds is 3. The van der Waals surface area contributed by atoms with E-state index in [1.165, 1.54) is 30.3 Å². The topological polar surface area (TPSA) is 52.7 Å². The normalized spacial score (nSPS) is 23.1. The third-order valence-electron chi connectivity index (χ3n) is 6.59. The van der Waals surface area contributed by atoms with Crippen LogP contribution in [0.25, 0.3) is 0 Å². The van der Waals surface area contributed by atoms with Crippen LogP contribution in [0.5, 0.6) is 0 Å². The van der Waals surface area contributed by atoms with Crippen LogP contribution in [0.2, 0.25) is 5.02 Å². The Kier molecular flexibility index (Phi) is 5.80. The van der Waals surface area contributed by atoms with Crippen molar-refractivity contribution in [3.8, 4) is 0 Å². The zero-order valence-corrected chi connectivity index (χ0v) is 19.2. The summed E-state index contributed by atoms with van der Waals surface area (Å²) in [5, 5.41) is 3.70. The molecule has 5 rings (SSSR count). The number of carbonyl (C=O) groups excluding carboxylic acids is 2. The van der Waals surface area contributed by atoms with Crippen molar-refractivity contribution >= 4 is 41.0 Å². The van der Waals surface area contributed by atoms with Gasteiger partial charge in [0, 0.05) is 28.9 Å². The van der Waals surface area contributed by atoms with E-state index < -0.39 is 4.87 Å². The van der Waals surface area contributed by atoms with Gasteiger partial charge in [0.25, 0.3) is 5.91 Å². The molecule has 1 unspecified atom stereocenters. The van der Waals surface area contributed by atoms with Gasteiger partial charge < -0.3 is 10.2 Å². The van der Waals surface area contributed by atoms with Crippen LogP contribution in [0.1, 0.15) is 43.2 Å². The van der Waals surface area contributed by atoms with Gasteiger partial charge in [-0.2, -0.15) is 0 Å². The van der Waals surface area contributed by atoms with Crippen LogP contribution in [0.4, 0.5) is 14.9 Å². The lowest BCUT2D eigenvalue weighted by Crippen LogP contribution is -2.55. The Morgan fingerprint density at radius 2 is 1.91 bits per heavy atom. The van der Waals surface area contributed by atoms with Crippen LogP contribution >= 0.6 is 23.4 Å². The molecule has 8 heteroatoms. The number of urea groups is 1. The van der Waals surface area contributed by atoms with Crippen molar-refractivity contribution in [2.75, 3.05) is 17.2 Å². The van der Waals surface area contributed by atoms with E-state index in [0.717, 1.165) is 42.5 Å². The fourth-order valence-corrected chi connectivity index (χ4v) is 6.64. The fourth-order valence-electron chi connectivity index (χ4n) is 5.02. The number of benzene rings is 2. The van der Waals surface area contributed by atoms with Gasteiger partial charge in [0.15, 0.2) is 4.87 Å². The van der Waals surface area contributed by atoms with Gasteiger partial charge in [-0.1, -0.05) is 43.0 Å². The number of halogens is 2. The number of carbonyl (C=O) groups is 2. The molecule has 2 aromatic carbocycles. The van der Waals surface area contributed by atoms with Crippen LogP contribution in [0, 0.1) is 5.82 Å². The van der Waals surface area contributed by atoms with E-state index in [1.807, 2.05) is 6.07 Å². The Balaban J connectivity index is 1.49. The van der Waals surface area contributed by atoms with E-state index in [-0.39, 0.29) is 23.8 Å². The average Bonchev–Trinajstić information content (AvgIpc) is 3.33. The average molecular weight is 474 g/mol. The monoisotopic (exact) mass is 473 g/mol. The molecule has 1 saturated heterocycles. The molecular weight excluding hydrogens is 449 g/mol. The Bertz CT molecular complexity index is 1040. The van der Waals surface area contributed by atoms with Crippen molar-refractivity contribution in [2.45, 2.75) is 49.6 Å². The van der Waals surface area contributed by atoms with Gasteiger partial charge >= 0.3 is 6.03 Å². The largest absolute Gasteiger partial charge is 0.335 e. The molecule has 2 heterocycles. The van der Waals surface area contributed by atoms with Crippen LogP contribution in [-0.2, 0) is 16.2 Å². The van der Waals surface area contributed by atoms with Crippen molar-refractivity contribution in [1.82, 2.24) is 10.2 Å². The van der Waals surface area contributed by atoms with Crippen LogP contribution in [0.3, 0.4) is 0 Å². The minimum absolute atomic E-state index is 0.152. The van der Waals surface area contributed by atoms with Crippen molar-refractivity contribution in [3.05, 3.63) is 64.4 Å². The molecule has 5 nitrogen and oxygen atoms in total. The van der Waals surface area contributed by atoms with Gasteiger partial charge in [0.2, 0.25) is 0 Å². The molecular formula is C24H25ClFN3O2S. The molecule has 2 aliphatic heterocycles. The summed E-state index contributed by atoms with van der Waals surface area (Å²) in [7, 11) is 0. The third kappa shape index (κ3) is 3.65. The molecule has 32 heavy (non-hydrogen) atoms. The molecule has 1 spiro atoms. The summed E-state index contributed by atoms with van der Waals surface area (Å²) in [5.41, 5.74) is 2.31. The smallest absolute Gasteiger partial charge is 0.319 e. The first-order valence-electron chi connectivity index (χ1n) is 11.1. The summed E-state index contributed by atoms with van der Waals surface area (Å²) >= 11 is 7.82. The van der Waals surface area contributed by atoms with Crippen LogP contribution in [-0.4, -0.2) is 35.2 Å². The second-order valence-corrected chi connectivity index (χ2v) is 10.3. The van der Waals surface area contributed by atoms with E-state index in [1.54, 1.807) is 34.1 Å². The Morgan fingerprint density at radius 3 is 2.66 bits per heavy atom. The van der Waals surface area contributed by atoms with Crippen molar-refractivity contribution < 1.29 is 14.0 Å². The number of hydrogen-bond acceptors (Lipinski definition) is 3. The van der Waals surface area contributed by atoms with Crippen molar-refractivity contribution in [3.63, 3.8) is 0 Å². The van der Waals surface area contributed by atoms with E-state index in [2.05, 4.69) is 5.32 Å². The quantitative estimate of drug-likeness (QED) is 0.660. The van der Waals surface area contributed by atoms with Crippen molar-refractivity contribution in [2.24, 2.45) is 0 Å². The molecule has 3 aliphatic rings. The van der Waals surface area contributed by atoms with Gasteiger partial charge in [-0.3, -0.25) is 9.69 Å². The molecule has 3 amide bonds. The molecule has 0 radical (unpaired) electrons. The first-order chi connectivity index (χ1) is 15.5. The predicted octanol–water partition coefficient (Wildman–Crippen LogP) is 5.27. The van der Waals surface area contributed by atoms with E-state index in [9.17, 15) is 14.0 Å². The van der Waals surface area contributed by atoms with E-state index >= 15 is 0 Å². The molecule has 1 N–H and O–H groups in total. The molecule has 1 aliphatic carbocycles. The molecule has 0 aromatic heterocycles. The predicted molar refractivity (Wildman–Crippen MR) is 125 cm³/mol. The number of thioether (sulfide) groups is 1. The van der Waals surface area contributed by atoms with E-state index in [4.69, 9.17) is 11.6 Å². The highest BCUT2D eigenvalue weighted by Crippen LogP contribution is 2.55. The maximum absolute atomic E-state index is 13.9. The number of nitrogens with one attached hydrogen (secondary N) is 1. The second-order valence-electron chi connectivity index (χ2n) is 8.61. The van der Waals surface area contributed by atoms with Gasteiger partial charge in [0.05, 0.1) is 12.2 Å². The minimum Gasteiger partial charge on any atom is -0.335 e. The SMILES string of the molecule is O=C(NC1CCCCC1)N1CCSC12C(=O)N(Cc1ccc(F)cc1)c1ccc(Cl)cc12. The van der Waals surface area contributed by atoms with Crippen LogP contribution in [0.15, 0.2) is 42.5 Å². The Labute approximate surface area is 196 Å². The molecule has 1 saturated carbocycles. The number of amides is 3. The lowest BCUT2D eigenvalue weighted by molar-refractivity contribution is -0.123. The number of nitrogens with zero attached hydrogens (tertiary/aromatic N) is 2. The summed E-state index contributed by atoms with van der Waals surface area (Å²) in [5.74, 6) is 0.197. The maximum atomic E-state index is 13.9. The molecule has 2 aromatic rings. The van der Waals surface area contributed by atoms with Gasteiger partial charge in [-0.25, -0.2) is 9.18 Å². The zero-order chi connectivity index (χ0) is 22.3. The molecule has 0 bridgehead atoms. The highest BCUT2D eigenvalue weighted by Gasteiger charge is 2.59. The van der Waals surface area contributed by atoms with Gasteiger partial charge in [0.1, 0.15) is 5.82 Å². The first kappa shape index (κ1) is 21.6. The van der Waals surface area contributed by atoms with Gasteiger partial charge in [-0.05, 0) is 48.7 Å². The summed E-state index contributed by atoms with van der Waals surface area (Å²) in [6.07, 6.45) is 5.40. The highest BCUT2D eigenvalue weighted by atomic mass is 35.5. The maximum Gasteiger partial charge on any atom is 0.319 e. The fraction of sp³-hybridized carbons (Fsp3) is 0.417. The molecule has 1 atom stereocenters. The van der Waals surface area contributed by atoms with Gasteiger partial charge in [-0.15, -0.1) is 11.8 Å². The van der Waals surface area contributed by atoms with E-state index in [0.29, 0.717) is 23.9 Å². The summed E-state index contributed by atoms with van der Waals surface area (Å²) in [6.45, 7) is 0.791. The number of hydrogen-bond donors (Lipinski definition) is 1.